The van der Waals surface area contributed by atoms with Crippen LogP contribution in [0.25, 0.3) is 43.8 Å². The molecule has 9 aromatic rings. The summed E-state index contributed by atoms with van der Waals surface area (Å²) < 4.78 is 31.5. The highest BCUT2D eigenvalue weighted by molar-refractivity contribution is 6.07. The summed E-state index contributed by atoms with van der Waals surface area (Å²) in [6.45, 7) is 5.63. The minimum atomic E-state index is -0.641. The standard InChI is InChI=1S/C58H40F2N2/c1-3-17-55(53(59)4-2)61(41-18-7-5-8-19-41)44-31-33-45-39(34-44)29-32-48-49-36-38-28-30-43(62(42-20-9-6-10-21-42)56-27-16-15-26-54(56)60)35-40(38)37-52(49)58(57(45)48)50-24-13-11-22-46(50)47-23-12-14-25-51(47)58/h3-37H,1H2,2H3/b53-4+,55-17+. The number of fused-ring (bicyclic) bond motifs is 13. The molecule has 11 rings (SSSR count). The largest absolute Gasteiger partial charge is 0.308 e. The van der Waals surface area contributed by atoms with Crippen molar-refractivity contribution in [3.63, 3.8) is 0 Å². The van der Waals surface area contributed by atoms with Crippen LogP contribution in [0.1, 0.15) is 29.2 Å². The van der Waals surface area contributed by atoms with Crippen LogP contribution in [0.3, 0.4) is 0 Å². The van der Waals surface area contributed by atoms with Gasteiger partial charge in [-0.15, -0.1) is 0 Å². The Balaban J connectivity index is 1.17. The number of nitrogens with zero attached hydrogens (tertiary/aromatic N) is 2. The zero-order valence-electron chi connectivity index (χ0n) is 34.1. The fourth-order valence-corrected chi connectivity index (χ4v) is 10.1. The lowest BCUT2D eigenvalue weighted by Gasteiger charge is -2.32. The van der Waals surface area contributed by atoms with Crippen LogP contribution in [-0.4, -0.2) is 0 Å². The Morgan fingerprint density at radius 1 is 0.516 bits per heavy atom. The molecular weight excluding hydrogens is 763 g/mol. The molecule has 0 unspecified atom stereocenters. The van der Waals surface area contributed by atoms with Crippen LogP contribution in [0, 0.1) is 5.82 Å². The van der Waals surface area contributed by atoms with E-state index < -0.39 is 5.41 Å². The molecule has 0 aromatic heterocycles. The van der Waals surface area contributed by atoms with E-state index in [9.17, 15) is 0 Å². The molecule has 0 radical (unpaired) electrons. The maximum atomic E-state index is 15.8. The van der Waals surface area contributed by atoms with E-state index in [1.807, 2.05) is 82.6 Å². The first-order chi connectivity index (χ1) is 30.5. The molecule has 0 heterocycles. The zero-order valence-corrected chi connectivity index (χ0v) is 34.1. The van der Waals surface area contributed by atoms with E-state index in [-0.39, 0.29) is 11.6 Å². The molecule has 2 aliphatic carbocycles. The first kappa shape index (κ1) is 37.2. The van der Waals surface area contributed by atoms with Gasteiger partial charge in [-0.2, -0.15) is 0 Å². The second kappa shape index (κ2) is 14.7. The Kier molecular flexibility index (Phi) is 8.83. The molecule has 0 bridgehead atoms. The summed E-state index contributed by atoms with van der Waals surface area (Å²) in [6, 6.07) is 66.6. The number of anilines is 5. The number of hydrogen-bond donors (Lipinski definition) is 0. The number of benzene rings is 9. The highest BCUT2D eigenvalue weighted by atomic mass is 19.1. The van der Waals surface area contributed by atoms with Gasteiger partial charge in [0, 0.05) is 22.7 Å². The van der Waals surface area contributed by atoms with E-state index in [0.717, 1.165) is 44.3 Å². The highest BCUT2D eigenvalue weighted by Crippen LogP contribution is 2.64. The zero-order chi connectivity index (χ0) is 42.0. The highest BCUT2D eigenvalue weighted by Gasteiger charge is 2.52. The molecule has 4 heteroatoms. The van der Waals surface area contributed by atoms with Crippen molar-refractivity contribution in [1.29, 1.82) is 0 Å². The van der Waals surface area contributed by atoms with Gasteiger partial charge in [0.05, 0.1) is 16.8 Å². The molecule has 0 aliphatic heterocycles. The van der Waals surface area contributed by atoms with Crippen LogP contribution in [-0.2, 0) is 5.41 Å². The average molecular weight is 803 g/mol. The maximum Gasteiger partial charge on any atom is 0.147 e. The van der Waals surface area contributed by atoms with Gasteiger partial charge >= 0.3 is 0 Å². The SMILES string of the molecule is C=C/C=C(\C(F)=C/C)N(c1ccccc1)c1ccc2c3c(ccc2c1)-c1cc2ccc(N(c4ccccc4)c4ccccc4F)cc2cc1C31c2ccccc2-c2ccccc21. The van der Waals surface area contributed by atoms with Gasteiger partial charge in [0.25, 0.3) is 0 Å². The van der Waals surface area contributed by atoms with E-state index in [1.54, 1.807) is 25.1 Å². The van der Waals surface area contributed by atoms with Gasteiger partial charge in [0.1, 0.15) is 11.6 Å². The summed E-state index contributed by atoms with van der Waals surface area (Å²) in [5.74, 6) is -0.631. The molecule has 9 aromatic carbocycles. The fraction of sp³-hybridized carbons (Fsp3) is 0.0345. The lowest BCUT2D eigenvalue weighted by molar-refractivity contribution is 0.629. The van der Waals surface area contributed by atoms with Crippen LogP contribution in [0.5, 0.6) is 0 Å². The summed E-state index contributed by atoms with van der Waals surface area (Å²) in [5, 5.41) is 4.33. The van der Waals surface area contributed by atoms with Gasteiger partial charge in [-0.25, -0.2) is 8.78 Å². The molecule has 0 atom stereocenters. The van der Waals surface area contributed by atoms with Crippen LogP contribution in [0.15, 0.2) is 230 Å². The Bertz CT molecular complexity index is 3260. The van der Waals surface area contributed by atoms with Crippen molar-refractivity contribution in [2.75, 3.05) is 9.80 Å². The second-order valence-electron chi connectivity index (χ2n) is 15.9. The summed E-state index contributed by atoms with van der Waals surface area (Å²) >= 11 is 0. The lowest BCUT2D eigenvalue weighted by Crippen LogP contribution is -2.26. The number of allylic oxidation sites excluding steroid dienone is 4. The van der Waals surface area contributed by atoms with E-state index in [1.165, 1.54) is 56.6 Å². The average Bonchev–Trinajstić information content (AvgIpc) is 3.78. The maximum absolute atomic E-state index is 15.8. The van der Waals surface area contributed by atoms with Gasteiger partial charge in [0.15, 0.2) is 0 Å². The smallest absolute Gasteiger partial charge is 0.147 e. The van der Waals surface area contributed by atoms with E-state index in [0.29, 0.717) is 11.4 Å². The third-order valence-electron chi connectivity index (χ3n) is 12.6. The second-order valence-corrected chi connectivity index (χ2v) is 15.9. The number of rotatable bonds is 8. The van der Waals surface area contributed by atoms with Crippen LogP contribution >= 0.6 is 0 Å². The topological polar surface area (TPSA) is 6.48 Å². The Morgan fingerprint density at radius 2 is 1.13 bits per heavy atom. The Hall–Kier alpha value is -7.82. The van der Waals surface area contributed by atoms with Crippen LogP contribution < -0.4 is 9.80 Å². The quantitative estimate of drug-likeness (QED) is 0.141. The number of halogens is 2. The number of hydrogen-bond acceptors (Lipinski definition) is 2. The van der Waals surface area contributed by atoms with Crippen molar-refractivity contribution in [3.8, 4) is 22.3 Å². The van der Waals surface area contributed by atoms with Crippen LogP contribution in [0.2, 0.25) is 0 Å². The molecule has 0 N–H and O–H groups in total. The molecule has 62 heavy (non-hydrogen) atoms. The van der Waals surface area contributed by atoms with Crippen molar-refractivity contribution in [1.82, 2.24) is 0 Å². The summed E-state index contributed by atoms with van der Waals surface area (Å²) in [4.78, 5) is 3.95. The monoisotopic (exact) mass is 802 g/mol. The predicted octanol–water partition coefficient (Wildman–Crippen LogP) is 16.0. The molecule has 0 fully saturated rings. The molecule has 1 spiro atoms. The first-order valence-electron chi connectivity index (χ1n) is 21.0. The van der Waals surface area contributed by atoms with Gasteiger partial charge in [-0.3, -0.25) is 0 Å². The Morgan fingerprint density at radius 3 is 1.82 bits per heavy atom. The van der Waals surface area contributed by atoms with Gasteiger partial charge in [-0.05, 0) is 158 Å². The predicted molar refractivity (Wildman–Crippen MR) is 254 cm³/mol. The summed E-state index contributed by atoms with van der Waals surface area (Å²) in [5.41, 5.74) is 13.4. The van der Waals surface area contributed by atoms with Crippen LogP contribution in [0.4, 0.5) is 37.2 Å². The first-order valence-corrected chi connectivity index (χ1v) is 21.0. The summed E-state index contributed by atoms with van der Waals surface area (Å²) in [6.07, 6.45) is 4.84. The van der Waals surface area contributed by atoms with Gasteiger partial charge in [0.2, 0.25) is 0 Å². The normalized spacial score (nSPS) is 13.5. The van der Waals surface area contributed by atoms with Crippen molar-refractivity contribution >= 4 is 50.0 Å². The summed E-state index contributed by atoms with van der Waals surface area (Å²) in [7, 11) is 0. The van der Waals surface area contributed by atoms with Crippen molar-refractivity contribution in [3.05, 3.63) is 259 Å². The van der Waals surface area contributed by atoms with Crippen molar-refractivity contribution in [2.24, 2.45) is 0 Å². The minimum Gasteiger partial charge on any atom is -0.308 e. The molecule has 0 saturated heterocycles. The fourth-order valence-electron chi connectivity index (χ4n) is 10.1. The van der Waals surface area contributed by atoms with E-state index >= 15 is 8.78 Å². The molecular formula is C58H40F2N2. The van der Waals surface area contributed by atoms with E-state index in [2.05, 4.69) is 116 Å². The molecule has 0 saturated carbocycles. The van der Waals surface area contributed by atoms with E-state index in [4.69, 9.17) is 0 Å². The lowest BCUT2D eigenvalue weighted by atomic mass is 9.69. The third kappa shape index (κ3) is 5.53. The van der Waals surface area contributed by atoms with Crippen molar-refractivity contribution in [2.45, 2.75) is 12.3 Å². The minimum absolute atomic E-state index is 0.291. The molecule has 2 aliphatic rings. The number of para-hydroxylation sites is 3. The van der Waals surface area contributed by atoms with Gasteiger partial charge < -0.3 is 9.80 Å². The Labute approximate surface area is 360 Å². The van der Waals surface area contributed by atoms with Gasteiger partial charge in [-0.1, -0.05) is 134 Å². The van der Waals surface area contributed by atoms with Crippen molar-refractivity contribution < 1.29 is 8.78 Å². The molecule has 2 nitrogen and oxygen atoms in total. The molecule has 0 amide bonds. The third-order valence-corrected chi connectivity index (χ3v) is 12.6. The molecule has 296 valence electrons.